The number of nitrogens with one attached hydrogen (secondary N) is 1. The second-order valence-corrected chi connectivity index (χ2v) is 4.02. The van der Waals surface area contributed by atoms with E-state index in [4.69, 9.17) is 4.74 Å². The van der Waals surface area contributed by atoms with Crippen LogP contribution in [-0.4, -0.2) is 24.2 Å². The van der Waals surface area contributed by atoms with Gasteiger partial charge in [-0.25, -0.2) is 0 Å². The SMILES string of the molecule is Cc1ncccc1CNC1CCOCC1. The minimum atomic E-state index is 0.610. The molecule has 1 aliphatic rings. The monoisotopic (exact) mass is 206 g/mol. The number of hydrogen-bond donors (Lipinski definition) is 1. The Labute approximate surface area is 90.9 Å². The van der Waals surface area contributed by atoms with Crippen LogP contribution in [0.25, 0.3) is 0 Å². The molecule has 1 saturated heterocycles. The standard InChI is InChI=1S/C12H18N2O/c1-10-11(3-2-6-13-10)9-14-12-4-7-15-8-5-12/h2-3,6,12,14H,4-5,7-9H2,1H3. The van der Waals surface area contributed by atoms with Gasteiger partial charge in [-0.2, -0.15) is 0 Å². The summed E-state index contributed by atoms with van der Waals surface area (Å²) in [6, 6.07) is 4.74. The average molecular weight is 206 g/mol. The van der Waals surface area contributed by atoms with Crippen LogP contribution in [0.1, 0.15) is 24.1 Å². The van der Waals surface area contributed by atoms with Gasteiger partial charge in [-0.15, -0.1) is 0 Å². The summed E-state index contributed by atoms with van der Waals surface area (Å²) in [4.78, 5) is 4.28. The molecule has 3 heteroatoms. The molecule has 1 aliphatic heterocycles. The summed E-state index contributed by atoms with van der Waals surface area (Å²) in [7, 11) is 0. The first kappa shape index (κ1) is 10.6. The van der Waals surface area contributed by atoms with Crippen LogP contribution in [0.15, 0.2) is 18.3 Å². The summed E-state index contributed by atoms with van der Waals surface area (Å²) >= 11 is 0. The second-order valence-electron chi connectivity index (χ2n) is 4.02. The van der Waals surface area contributed by atoms with Crippen LogP contribution in [0.2, 0.25) is 0 Å². The number of nitrogens with zero attached hydrogens (tertiary/aromatic N) is 1. The van der Waals surface area contributed by atoms with Gasteiger partial charge in [-0.05, 0) is 31.4 Å². The zero-order valence-electron chi connectivity index (χ0n) is 9.20. The lowest BCUT2D eigenvalue weighted by Crippen LogP contribution is -2.34. The number of rotatable bonds is 3. The highest BCUT2D eigenvalue weighted by molar-refractivity contribution is 5.17. The molecule has 0 radical (unpaired) electrons. The zero-order chi connectivity index (χ0) is 10.5. The van der Waals surface area contributed by atoms with Crippen LogP contribution in [0, 0.1) is 6.92 Å². The molecule has 0 saturated carbocycles. The first-order chi connectivity index (χ1) is 7.36. The van der Waals surface area contributed by atoms with Gasteiger partial charge in [0.05, 0.1) is 0 Å². The summed E-state index contributed by atoms with van der Waals surface area (Å²) < 4.78 is 5.32. The Bertz CT molecular complexity index is 308. The molecular weight excluding hydrogens is 188 g/mol. The second kappa shape index (κ2) is 5.24. The molecule has 2 heterocycles. The molecule has 0 spiro atoms. The maximum absolute atomic E-state index is 5.32. The van der Waals surface area contributed by atoms with E-state index in [9.17, 15) is 0 Å². The third-order valence-corrected chi connectivity index (χ3v) is 2.92. The highest BCUT2D eigenvalue weighted by Crippen LogP contribution is 2.09. The zero-order valence-corrected chi connectivity index (χ0v) is 9.20. The fourth-order valence-electron chi connectivity index (χ4n) is 1.86. The maximum Gasteiger partial charge on any atom is 0.0480 e. The Morgan fingerprint density at radius 3 is 3.00 bits per heavy atom. The third kappa shape index (κ3) is 3.01. The summed E-state index contributed by atoms with van der Waals surface area (Å²) in [5.41, 5.74) is 2.42. The minimum Gasteiger partial charge on any atom is -0.381 e. The number of ether oxygens (including phenoxy) is 1. The highest BCUT2D eigenvalue weighted by Gasteiger charge is 2.12. The van der Waals surface area contributed by atoms with Gasteiger partial charge in [-0.3, -0.25) is 4.98 Å². The van der Waals surface area contributed by atoms with E-state index >= 15 is 0 Å². The van der Waals surface area contributed by atoms with Gasteiger partial charge in [0, 0.05) is 37.7 Å². The van der Waals surface area contributed by atoms with Crippen molar-refractivity contribution in [1.82, 2.24) is 10.3 Å². The molecule has 15 heavy (non-hydrogen) atoms. The Balaban J connectivity index is 1.84. The van der Waals surface area contributed by atoms with Crippen LogP contribution in [0.4, 0.5) is 0 Å². The molecule has 0 unspecified atom stereocenters. The van der Waals surface area contributed by atoms with Gasteiger partial charge in [0.2, 0.25) is 0 Å². The topological polar surface area (TPSA) is 34.2 Å². The molecule has 1 N–H and O–H groups in total. The van der Waals surface area contributed by atoms with Crippen molar-refractivity contribution in [1.29, 1.82) is 0 Å². The van der Waals surface area contributed by atoms with Crippen molar-refractivity contribution in [2.75, 3.05) is 13.2 Å². The van der Waals surface area contributed by atoms with Gasteiger partial charge < -0.3 is 10.1 Å². The molecule has 0 amide bonds. The number of pyridine rings is 1. The summed E-state index contributed by atoms with van der Waals surface area (Å²) in [5, 5.41) is 3.56. The predicted molar refractivity (Wildman–Crippen MR) is 59.7 cm³/mol. The van der Waals surface area contributed by atoms with Gasteiger partial charge >= 0.3 is 0 Å². The van der Waals surface area contributed by atoms with Gasteiger partial charge in [0.15, 0.2) is 0 Å². The molecule has 1 aromatic rings. The highest BCUT2D eigenvalue weighted by atomic mass is 16.5. The average Bonchev–Trinajstić information content (AvgIpc) is 2.29. The Morgan fingerprint density at radius 2 is 2.27 bits per heavy atom. The molecule has 1 aromatic heterocycles. The van der Waals surface area contributed by atoms with Crippen LogP contribution >= 0.6 is 0 Å². The lowest BCUT2D eigenvalue weighted by Gasteiger charge is -2.23. The van der Waals surface area contributed by atoms with Crippen molar-refractivity contribution < 1.29 is 4.74 Å². The Hall–Kier alpha value is -0.930. The fraction of sp³-hybridized carbons (Fsp3) is 0.583. The van der Waals surface area contributed by atoms with E-state index in [0.717, 1.165) is 38.3 Å². The largest absolute Gasteiger partial charge is 0.381 e. The molecular formula is C12H18N2O. The number of hydrogen-bond acceptors (Lipinski definition) is 3. The maximum atomic E-state index is 5.32. The first-order valence-corrected chi connectivity index (χ1v) is 5.58. The van der Waals surface area contributed by atoms with Crippen LogP contribution < -0.4 is 5.32 Å². The number of aryl methyl sites for hydroxylation is 1. The van der Waals surface area contributed by atoms with Crippen molar-refractivity contribution in [3.05, 3.63) is 29.6 Å². The van der Waals surface area contributed by atoms with E-state index in [1.54, 1.807) is 0 Å². The molecule has 0 aliphatic carbocycles. The van der Waals surface area contributed by atoms with Crippen molar-refractivity contribution in [3.63, 3.8) is 0 Å². The smallest absolute Gasteiger partial charge is 0.0480 e. The lowest BCUT2D eigenvalue weighted by atomic mass is 10.1. The van der Waals surface area contributed by atoms with E-state index in [0.29, 0.717) is 6.04 Å². The Morgan fingerprint density at radius 1 is 1.47 bits per heavy atom. The summed E-state index contributed by atoms with van der Waals surface area (Å²) in [5.74, 6) is 0. The van der Waals surface area contributed by atoms with E-state index in [-0.39, 0.29) is 0 Å². The van der Waals surface area contributed by atoms with Crippen LogP contribution in [0.5, 0.6) is 0 Å². The fourth-order valence-corrected chi connectivity index (χ4v) is 1.86. The van der Waals surface area contributed by atoms with Crippen molar-refractivity contribution in [3.8, 4) is 0 Å². The molecule has 0 bridgehead atoms. The van der Waals surface area contributed by atoms with E-state index in [2.05, 4.69) is 23.3 Å². The van der Waals surface area contributed by atoms with Crippen molar-refractivity contribution in [2.24, 2.45) is 0 Å². The first-order valence-electron chi connectivity index (χ1n) is 5.58. The quantitative estimate of drug-likeness (QED) is 0.816. The molecule has 1 fully saturated rings. The normalized spacial score (nSPS) is 17.9. The van der Waals surface area contributed by atoms with E-state index < -0.39 is 0 Å². The van der Waals surface area contributed by atoms with Crippen molar-refractivity contribution in [2.45, 2.75) is 32.4 Å². The number of aromatic nitrogens is 1. The van der Waals surface area contributed by atoms with Crippen LogP contribution in [0.3, 0.4) is 0 Å². The van der Waals surface area contributed by atoms with Crippen molar-refractivity contribution >= 4 is 0 Å². The lowest BCUT2D eigenvalue weighted by molar-refractivity contribution is 0.0776. The Kier molecular flexibility index (Phi) is 3.69. The molecule has 2 rings (SSSR count). The third-order valence-electron chi connectivity index (χ3n) is 2.92. The summed E-state index contributed by atoms with van der Waals surface area (Å²) in [6.45, 7) is 4.76. The minimum absolute atomic E-state index is 0.610. The van der Waals surface area contributed by atoms with E-state index in [1.165, 1.54) is 5.56 Å². The molecule has 3 nitrogen and oxygen atoms in total. The van der Waals surface area contributed by atoms with E-state index in [1.807, 2.05) is 12.3 Å². The van der Waals surface area contributed by atoms with Gasteiger partial charge in [0.25, 0.3) is 0 Å². The molecule has 0 atom stereocenters. The molecule has 0 aromatic carbocycles. The summed E-state index contributed by atoms with van der Waals surface area (Å²) in [6.07, 6.45) is 4.09. The van der Waals surface area contributed by atoms with Gasteiger partial charge in [-0.1, -0.05) is 6.07 Å². The molecule has 82 valence electrons. The van der Waals surface area contributed by atoms with Gasteiger partial charge in [0.1, 0.15) is 0 Å². The van der Waals surface area contributed by atoms with Crippen LogP contribution in [-0.2, 0) is 11.3 Å². The predicted octanol–water partition coefficient (Wildman–Crippen LogP) is 1.66.